The molecule has 3 rings (SSSR count). The molecule has 7 heteroatoms. The Morgan fingerprint density at radius 3 is 2.96 bits per heavy atom. The van der Waals surface area contributed by atoms with Gasteiger partial charge < -0.3 is 15.5 Å². The van der Waals surface area contributed by atoms with Crippen LogP contribution in [0.3, 0.4) is 0 Å². The number of carbonyl (C=O) groups excluding carboxylic acids is 1. The maximum Gasteiger partial charge on any atom is 0.251 e. The van der Waals surface area contributed by atoms with E-state index in [-0.39, 0.29) is 12.0 Å². The summed E-state index contributed by atoms with van der Waals surface area (Å²) in [5.41, 5.74) is 2.39. The zero-order valence-corrected chi connectivity index (χ0v) is 15.0. The highest BCUT2D eigenvalue weighted by Crippen LogP contribution is 2.18. The van der Waals surface area contributed by atoms with Crippen molar-refractivity contribution in [2.24, 2.45) is 5.16 Å². The lowest BCUT2D eigenvalue weighted by atomic mass is 10.1. The lowest BCUT2D eigenvalue weighted by molar-refractivity contribution is 0.0753. The van der Waals surface area contributed by atoms with Gasteiger partial charge >= 0.3 is 0 Å². The SMILES string of the molecule is CCNc1ccnc(-c2cccc(C(=O)NC[C@H]3CC(CC)=NO3)c2)n1. The van der Waals surface area contributed by atoms with Crippen LogP contribution in [0.5, 0.6) is 0 Å². The van der Waals surface area contributed by atoms with E-state index in [0.717, 1.165) is 36.5 Å². The summed E-state index contributed by atoms with van der Waals surface area (Å²) in [6, 6.07) is 9.11. The fourth-order valence-electron chi connectivity index (χ4n) is 2.69. The molecule has 0 spiro atoms. The van der Waals surface area contributed by atoms with E-state index >= 15 is 0 Å². The largest absolute Gasteiger partial charge is 0.390 e. The molecule has 26 heavy (non-hydrogen) atoms. The normalized spacial score (nSPS) is 15.9. The topological polar surface area (TPSA) is 88.5 Å². The van der Waals surface area contributed by atoms with E-state index in [0.29, 0.717) is 17.9 Å². The predicted molar refractivity (Wildman–Crippen MR) is 101 cm³/mol. The van der Waals surface area contributed by atoms with Crippen LogP contribution in [0.2, 0.25) is 0 Å². The highest BCUT2D eigenvalue weighted by Gasteiger charge is 2.20. The molecule has 2 heterocycles. The third-order valence-corrected chi connectivity index (χ3v) is 4.09. The van der Waals surface area contributed by atoms with Crippen LogP contribution in [0.25, 0.3) is 11.4 Å². The number of amides is 1. The van der Waals surface area contributed by atoms with Crippen molar-refractivity contribution >= 4 is 17.4 Å². The van der Waals surface area contributed by atoms with E-state index < -0.39 is 0 Å². The highest BCUT2D eigenvalue weighted by atomic mass is 16.6. The Kier molecular flexibility index (Phi) is 5.78. The Hall–Kier alpha value is -2.96. The second-order valence-electron chi connectivity index (χ2n) is 6.03. The molecule has 0 radical (unpaired) electrons. The first kappa shape index (κ1) is 17.8. The van der Waals surface area contributed by atoms with Crippen molar-refractivity contribution in [2.75, 3.05) is 18.4 Å². The molecule has 0 bridgehead atoms. The molecule has 7 nitrogen and oxygen atoms in total. The van der Waals surface area contributed by atoms with Crippen LogP contribution >= 0.6 is 0 Å². The molecule has 0 fully saturated rings. The molecule has 0 aliphatic carbocycles. The molecule has 1 amide bonds. The summed E-state index contributed by atoms with van der Waals surface area (Å²) in [7, 11) is 0. The molecule has 136 valence electrons. The van der Waals surface area contributed by atoms with Crippen molar-refractivity contribution in [3.63, 3.8) is 0 Å². The maximum absolute atomic E-state index is 12.4. The smallest absolute Gasteiger partial charge is 0.251 e. The minimum atomic E-state index is -0.150. The summed E-state index contributed by atoms with van der Waals surface area (Å²) in [6.07, 6.45) is 3.26. The van der Waals surface area contributed by atoms with Gasteiger partial charge in [-0.15, -0.1) is 0 Å². The number of nitrogens with zero attached hydrogens (tertiary/aromatic N) is 3. The first-order valence-electron chi connectivity index (χ1n) is 8.86. The fourth-order valence-corrected chi connectivity index (χ4v) is 2.69. The standard InChI is InChI=1S/C19H23N5O2/c1-3-15-11-16(26-24-15)12-22-19(25)14-7-5-6-13(10-14)18-21-9-8-17(23-18)20-4-2/h5-10,16H,3-4,11-12H2,1-2H3,(H,22,25)(H,20,21,23)/t16-/m1/s1. The van der Waals surface area contributed by atoms with Crippen molar-refractivity contribution < 1.29 is 9.63 Å². The van der Waals surface area contributed by atoms with Crippen molar-refractivity contribution in [3.05, 3.63) is 42.1 Å². The summed E-state index contributed by atoms with van der Waals surface area (Å²) in [5, 5.41) is 10.1. The highest BCUT2D eigenvalue weighted by molar-refractivity contribution is 5.95. The van der Waals surface area contributed by atoms with Crippen LogP contribution in [-0.2, 0) is 4.84 Å². The minimum Gasteiger partial charge on any atom is -0.390 e. The molecule has 1 aliphatic heterocycles. The number of benzene rings is 1. The van der Waals surface area contributed by atoms with Gasteiger partial charge in [-0.25, -0.2) is 9.97 Å². The molecule has 2 aromatic rings. The molecule has 1 aromatic heterocycles. The quantitative estimate of drug-likeness (QED) is 0.799. The average Bonchev–Trinajstić information content (AvgIpc) is 3.15. The lowest BCUT2D eigenvalue weighted by Gasteiger charge is -2.10. The first-order chi connectivity index (χ1) is 12.7. The number of nitrogens with one attached hydrogen (secondary N) is 2. The Labute approximate surface area is 152 Å². The third kappa shape index (κ3) is 4.36. The first-order valence-corrected chi connectivity index (χ1v) is 8.86. The van der Waals surface area contributed by atoms with Crippen molar-refractivity contribution in [2.45, 2.75) is 32.8 Å². The molecular formula is C19H23N5O2. The predicted octanol–water partition coefficient (Wildman–Crippen LogP) is 2.86. The second kappa shape index (κ2) is 8.42. The summed E-state index contributed by atoms with van der Waals surface area (Å²) < 4.78 is 0. The lowest BCUT2D eigenvalue weighted by Crippen LogP contribution is -2.32. The Bertz CT molecular complexity index is 806. The van der Waals surface area contributed by atoms with Gasteiger partial charge in [0.25, 0.3) is 5.91 Å². The molecule has 0 unspecified atom stereocenters. The van der Waals surface area contributed by atoms with Gasteiger partial charge in [-0.05, 0) is 31.5 Å². The van der Waals surface area contributed by atoms with Crippen LogP contribution in [-0.4, -0.2) is 40.8 Å². The van der Waals surface area contributed by atoms with Gasteiger partial charge in [-0.3, -0.25) is 4.79 Å². The molecule has 1 atom stereocenters. The van der Waals surface area contributed by atoms with E-state index in [1.165, 1.54) is 0 Å². The van der Waals surface area contributed by atoms with Crippen LogP contribution in [0.4, 0.5) is 5.82 Å². The number of aromatic nitrogens is 2. The van der Waals surface area contributed by atoms with Gasteiger partial charge in [0.1, 0.15) is 11.9 Å². The molecular weight excluding hydrogens is 330 g/mol. The summed E-state index contributed by atoms with van der Waals surface area (Å²) in [4.78, 5) is 26.5. The molecule has 2 N–H and O–H groups in total. The minimum absolute atomic E-state index is 0.0859. The number of carbonyl (C=O) groups is 1. The zero-order valence-electron chi connectivity index (χ0n) is 15.0. The van der Waals surface area contributed by atoms with Crippen molar-refractivity contribution in [1.29, 1.82) is 0 Å². The Balaban J connectivity index is 1.65. The number of anilines is 1. The van der Waals surface area contributed by atoms with Crippen LogP contribution in [0.15, 0.2) is 41.7 Å². The molecule has 1 aliphatic rings. The van der Waals surface area contributed by atoms with Crippen molar-refractivity contribution in [3.8, 4) is 11.4 Å². The number of hydrogen-bond acceptors (Lipinski definition) is 6. The second-order valence-corrected chi connectivity index (χ2v) is 6.03. The number of hydrogen-bond donors (Lipinski definition) is 2. The van der Waals surface area contributed by atoms with Gasteiger partial charge in [0, 0.05) is 30.3 Å². The van der Waals surface area contributed by atoms with Crippen LogP contribution in [0, 0.1) is 0 Å². The maximum atomic E-state index is 12.4. The molecule has 0 saturated heterocycles. The van der Waals surface area contributed by atoms with Gasteiger partial charge in [0.15, 0.2) is 5.82 Å². The van der Waals surface area contributed by atoms with E-state index in [2.05, 4.69) is 25.8 Å². The van der Waals surface area contributed by atoms with Gasteiger partial charge in [0.2, 0.25) is 0 Å². The molecule has 1 aromatic carbocycles. The Morgan fingerprint density at radius 1 is 1.31 bits per heavy atom. The summed E-state index contributed by atoms with van der Waals surface area (Å²) in [6.45, 7) is 5.27. The third-order valence-electron chi connectivity index (χ3n) is 4.09. The monoisotopic (exact) mass is 353 g/mol. The number of oxime groups is 1. The Morgan fingerprint density at radius 2 is 2.19 bits per heavy atom. The fraction of sp³-hybridized carbons (Fsp3) is 0.368. The van der Waals surface area contributed by atoms with Crippen LogP contribution in [0.1, 0.15) is 37.0 Å². The van der Waals surface area contributed by atoms with Crippen LogP contribution < -0.4 is 10.6 Å². The van der Waals surface area contributed by atoms with E-state index in [1.807, 2.05) is 32.0 Å². The van der Waals surface area contributed by atoms with E-state index in [1.54, 1.807) is 18.3 Å². The van der Waals surface area contributed by atoms with Gasteiger partial charge in [-0.1, -0.05) is 24.2 Å². The summed E-state index contributed by atoms with van der Waals surface area (Å²) in [5.74, 6) is 1.19. The molecule has 0 saturated carbocycles. The average molecular weight is 353 g/mol. The number of rotatable bonds is 7. The summed E-state index contributed by atoms with van der Waals surface area (Å²) >= 11 is 0. The van der Waals surface area contributed by atoms with Gasteiger partial charge in [-0.2, -0.15) is 0 Å². The van der Waals surface area contributed by atoms with E-state index in [4.69, 9.17) is 4.84 Å². The van der Waals surface area contributed by atoms with Crippen molar-refractivity contribution in [1.82, 2.24) is 15.3 Å². The zero-order chi connectivity index (χ0) is 18.4. The van der Waals surface area contributed by atoms with Gasteiger partial charge in [0.05, 0.1) is 12.3 Å². The van der Waals surface area contributed by atoms with E-state index in [9.17, 15) is 4.79 Å².